The van der Waals surface area contributed by atoms with Crippen molar-refractivity contribution >= 4 is 28.1 Å². The third-order valence-corrected chi connectivity index (χ3v) is 3.82. The number of halogens is 1. The third-order valence-electron chi connectivity index (χ3n) is 3.33. The zero-order chi connectivity index (χ0) is 18.9. The summed E-state index contributed by atoms with van der Waals surface area (Å²) < 4.78 is 16.7. The summed E-state index contributed by atoms with van der Waals surface area (Å²) in [6.45, 7) is 3.99. The number of amides is 1. The number of benzene rings is 2. The smallest absolute Gasteiger partial charge is 0.275 e. The molecule has 0 saturated carbocycles. The molecule has 0 fully saturated rings. The molecule has 0 atom stereocenters. The maximum atomic E-state index is 12.3. The molecule has 2 rings (SSSR count). The van der Waals surface area contributed by atoms with Crippen molar-refractivity contribution in [2.24, 2.45) is 5.10 Å². The molecular formula is C19H19BrN2O4. The van der Waals surface area contributed by atoms with Gasteiger partial charge in [0.2, 0.25) is 0 Å². The minimum Gasteiger partial charge on any atom is -0.496 e. The summed E-state index contributed by atoms with van der Waals surface area (Å²) in [4.78, 5) is 12.3. The second-order valence-corrected chi connectivity index (χ2v) is 5.97. The summed E-state index contributed by atoms with van der Waals surface area (Å²) in [5.41, 5.74) is 3.60. The van der Waals surface area contributed by atoms with E-state index >= 15 is 0 Å². The number of hydrogen-bond donors (Lipinski definition) is 1. The summed E-state index contributed by atoms with van der Waals surface area (Å²) in [5.74, 6) is 1.26. The maximum absolute atomic E-state index is 12.3. The quantitative estimate of drug-likeness (QED) is 0.402. The van der Waals surface area contributed by atoms with Gasteiger partial charge in [0.1, 0.15) is 12.4 Å². The molecule has 6 nitrogen and oxygen atoms in total. The molecule has 0 spiro atoms. The fourth-order valence-corrected chi connectivity index (χ4v) is 2.48. The van der Waals surface area contributed by atoms with Gasteiger partial charge in [-0.3, -0.25) is 4.79 Å². The van der Waals surface area contributed by atoms with E-state index < -0.39 is 0 Å². The van der Waals surface area contributed by atoms with Gasteiger partial charge in [-0.2, -0.15) is 5.10 Å². The predicted octanol–water partition coefficient (Wildman–Crippen LogP) is 3.80. The van der Waals surface area contributed by atoms with E-state index in [1.165, 1.54) is 13.3 Å². The molecule has 2 aromatic carbocycles. The molecule has 1 N–H and O–H groups in total. The van der Waals surface area contributed by atoms with E-state index in [4.69, 9.17) is 14.2 Å². The van der Waals surface area contributed by atoms with E-state index in [2.05, 4.69) is 33.0 Å². The van der Waals surface area contributed by atoms with Crippen LogP contribution in [0.4, 0.5) is 0 Å². The molecule has 1 amide bonds. The van der Waals surface area contributed by atoms with Crippen LogP contribution in [0.15, 0.2) is 58.6 Å². The fourth-order valence-electron chi connectivity index (χ4n) is 2.12. The van der Waals surface area contributed by atoms with Crippen LogP contribution < -0.4 is 19.6 Å². The van der Waals surface area contributed by atoms with Gasteiger partial charge in [-0.05, 0) is 42.0 Å². The summed E-state index contributed by atoms with van der Waals surface area (Å²) in [6, 6.07) is 10.5. The van der Waals surface area contributed by atoms with Crippen molar-refractivity contribution in [3.8, 4) is 17.2 Å². The SMILES string of the molecule is C=CCOc1ccc(/C=N/NC(=O)c2cc(Br)ccc2OC)cc1OC. The highest BCUT2D eigenvalue weighted by atomic mass is 79.9. The number of carbonyl (C=O) groups excluding carboxylic acids is 1. The molecule has 26 heavy (non-hydrogen) atoms. The van der Waals surface area contributed by atoms with Crippen LogP contribution in [0.2, 0.25) is 0 Å². The Morgan fingerprint density at radius 1 is 1.15 bits per heavy atom. The van der Waals surface area contributed by atoms with E-state index in [1.54, 1.807) is 49.6 Å². The van der Waals surface area contributed by atoms with E-state index in [-0.39, 0.29) is 5.91 Å². The first-order valence-electron chi connectivity index (χ1n) is 7.67. The Morgan fingerprint density at radius 3 is 2.58 bits per heavy atom. The second-order valence-electron chi connectivity index (χ2n) is 5.05. The van der Waals surface area contributed by atoms with Crippen molar-refractivity contribution in [3.63, 3.8) is 0 Å². The molecule has 0 radical (unpaired) electrons. The Labute approximate surface area is 160 Å². The van der Waals surface area contributed by atoms with Crippen LogP contribution >= 0.6 is 15.9 Å². The average Bonchev–Trinajstić information content (AvgIpc) is 2.66. The molecule has 2 aromatic rings. The molecule has 136 valence electrons. The van der Waals surface area contributed by atoms with Crippen molar-refractivity contribution in [2.45, 2.75) is 0 Å². The van der Waals surface area contributed by atoms with Gasteiger partial charge < -0.3 is 14.2 Å². The number of ether oxygens (including phenoxy) is 3. The molecule has 0 aliphatic rings. The van der Waals surface area contributed by atoms with Gasteiger partial charge in [0.25, 0.3) is 5.91 Å². The number of rotatable bonds is 8. The van der Waals surface area contributed by atoms with Crippen molar-refractivity contribution in [2.75, 3.05) is 20.8 Å². The minimum absolute atomic E-state index is 0.377. The van der Waals surface area contributed by atoms with Gasteiger partial charge >= 0.3 is 0 Å². The van der Waals surface area contributed by atoms with Crippen LogP contribution in [0.5, 0.6) is 17.2 Å². The van der Waals surface area contributed by atoms with Crippen LogP contribution in [-0.2, 0) is 0 Å². The first-order chi connectivity index (χ1) is 12.6. The zero-order valence-corrected chi connectivity index (χ0v) is 16.1. The van der Waals surface area contributed by atoms with E-state index in [0.29, 0.717) is 29.4 Å². The van der Waals surface area contributed by atoms with Crippen molar-refractivity contribution in [1.29, 1.82) is 0 Å². The normalized spacial score (nSPS) is 10.4. The predicted molar refractivity (Wildman–Crippen MR) is 104 cm³/mol. The van der Waals surface area contributed by atoms with Crippen LogP contribution in [0.3, 0.4) is 0 Å². The lowest BCUT2D eigenvalue weighted by atomic mass is 10.2. The maximum Gasteiger partial charge on any atom is 0.275 e. The highest BCUT2D eigenvalue weighted by molar-refractivity contribution is 9.10. The number of hydrazone groups is 1. The Bertz CT molecular complexity index is 821. The Kier molecular flexibility index (Phi) is 7.23. The lowest BCUT2D eigenvalue weighted by molar-refractivity contribution is 0.0952. The van der Waals surface area contributed by atoms with Gasteiger partial charge in [-0.15, -0.1) is 0 Å². The van der Waals surface area contributed by atoms with Gasteiger partial charge in [0.05, 0.1) is 26.0 Å². The number of methoxy groups -OCH3 is 2. The Balaban J connectivity index is 2.09. The van der Waals surface area contributed by atoms with Crippen LogP contribution in [-0.4, -0.2) is 32.9 Å². The molecular weight excluding hydrogens is 400 g/mol. The molecule has 0 saturated heterocycles. The summed E-state index contributed by atoms with van der Waals surface area (Å²) >= 11 is 3.33. The number of nitrogens with one attached hydrogen (secondary N) is 1. The van der Waals surface area contributed by atoms with Gasteiger partial charge in [-0.25, -0.2) is 5.43 Å². The highest BCUT2D eigenvalue weighted by Gasteiger charge is 2.12. The molecule has 0 aliphatic heterocycles. The molecule has 0 unspecified atom stereocenters. The summed E-state index contributed by atoms with van der Waals surface area (Å²) in [6.07, 6.45) is 3.17. The highest BCUT2D eigenvalue weighted by Crippen LogP contribution is 2.27. The first-order valence-corrected chi connectivity index (χ1v) is 8.47. The van der Waals surface area contributed by atoms with E-state index in [9.17, 15) is 4.79 Å². The van der Waals surface area contributed by atoms with Crippen molar-refractivity contribution in [1.82, 2.24) is 5.43 Å². The summed E-state index contributed by atoms with van der Waals surface area (Å²) in [5, 5.41) is 3.98. The molecule has 7 heteroatoms. The van der Waals surface area contributed by atoms with Crippen LogP contribution in [0.25, 0.3) is 0 Å². The molecule has 0 bridgehead atoms. The largest absolute Gasteiger partial charge is 0.496 e. The fraction of sp³-hybridized carbons (Fsp3) is 0.158. The zero-order valence-electron chi connectivity index (χ0n) is 14.5. The standard InChI is InChI=1S/C19H19BrN2O4/c1-4-9-26-17-7-5-13(10-18(17)25-3)12-21-22-19(23)15-11-14(20)6-8-16(15)24-2/h4-8,10-12H,1,9H2,2-3H3,(H,22,23)/b21-12+. The number of nitrogens with zero attached hydrogens (tertiary/aromatic N) is 1. The lowest BCUT2D eigenvalue weighted by Crippen LogP contribution is -2.18. The molecule has 0 heterocycles. The third kappa shape index (κ3) is 5.10. The van der Waals surface area contributed by atoms with Crippen molar-refractivity contribution in [3.05, 3.63) is 64.7 Å². The van der Waals surface area contributed by atoms with Gasteiger partial charge in [-0.1, -0.05) is 28.6 Å². The molecule has 0 aliphatic carbocycles. The topological polar surface area (TPSA) is 69.2 Å². The monoisotopic (exact) mass is 418 g/mol. The van der Waals surface area contributed by atoms with Gasteiger partial charge in [0.15, 0.2) is 11.5 Å². The molecule has 0 aromatic heterocycles. The van der Waals surface area contributed by atoms with Crippen LogP contribution in [0, 0.1) is 0 Å². The average molecular weight is 419 g/mol. The number of hydrogen-bond acceptors (Lipinski definition) is 5. The summed E-state index contributed by atoms with van der Waals surface area (Å²) in [7, 11) is 3.06. The van der Waals surface area contributed by atoms with E-state index in [1.807, 2.05) is 0 Å². The van der Waals surface area contributed by atoms with E-state index in [0.717, 1.165) is 10.0 Å². The first kappa shape index (κ1) is 19.5. The lowest BCUT2D eigenvalue weighted by Gasteiger charge is -2.09. The Hall–Kier alpha value is -2.80. The number of carbonyl (C=O) groups is 1. The van der Waals surface area contributed by atoms with Crippen LogP contribution in [0.1, 0.15) is 15.9 Å². The second kappa shape index (κ2) is 9.62. The van der Waals surface area contributed by atoms with Crippen molar-refractivity contribution < 1.29 is 19.0 Å². The minimum atomic E-state index is -0.377. The van der Waals surface area contributed by atoms with Gasteiger partial charge in [0, 0.05) is 4.47 Å². The Morgan fingerprint density at radius 2 is 1.88 bits per heavy atom.